The van der Waals surface area contributed by atoms with Crippen molar-refractivity contribution in [2.75, 3.05) is 6.61 Å². The second-order valence-corrected chi connectivity index (χ2v) is 5.34. The molecule has 4 N–H and O–H groups in total. The molecule has 0 bridgehead atoms. The number of nitrogens with zero attached hydrogens (tertiary/aromatic N) is 2. The number of ether oxygens (including phenoxy) is 1. The Morgan fingerprint density at radius 1 is 1.50 bits per heavy atom. The lowest BCUT2D eigenvalue weighted by Crippen LogP contribution is -2.19. The summed E-state index contributed by atoms with van der Waals surface area (Å²) in [4.78, 5) is 18.3. The van der Waals surface area contributed by atoms with Crippen molar-refractivity contribution in [2.45, 2.75) is 19.1 Å². The number of nitrogens with one attached hydrogen (secondary N) is 1. The van der Waals surface area contributed by atoms with Crippen molar-refractivity contribution in [1.82, 2.24) is 14.4 Å². The number of fused-ring (bicyclic) bond motifs is 1. The van der Waals surface area contributed by atoms with E-state index in [0.29, 0.717) is 11.1 Å². The fourth-order valence-electron chi connectivity index (χ4n) is 2.28. The van der Waals surface area contributed by atoms with E-state index in [2.05, 4.69) is 9.97 Å². The van der Waals surface area contributed by atoms with Gasteiger partial charge in [-0.05, 0) is 6.92 Å². The molecule has 0 saturated carbocycles. The third-order valence-corrected chi connectivity index (χ3v) is 3.79. The van der Waals surface area contributed by atoms with E-state index >= 15 is 0 Å². The molecule has 1 unspecified atom stereocenters. The molecule has 1 aliphatic heterocycles. The maximum Gasteiger partial charge on any atom is 0.255 e. The maximum absolute atomic E-state index is 11.6. The van der Waals surface area contributed by atoms with Crippen molar-refractivity contribution >= 4 is 18.0 Å². The van der Waals surface area contributed by atoms with Crippen LogP contribution in [0.25, 0.3) is 5.78 Å². The number of aliphatic hydroxyl groups excluding tert-OH is 3. The minimum atomic E-state index is -1.34. The van der Waals surface area contributed by atoms with Crippen LogP contribution < -0.4 is 5.56 Å². The number of aliphatic hydroxyl groups is 3. The Kier molecular flexibility index (Phi) is 3.47. The fourth-order valence-corrected chi connectivity index (χ4v) is 2.53. The molecule has 0 fully saturated rings. The van der Waals surface area contributed by atoms with Crippen LogP contribution in [0.2, 0.25) is 0 Å². The van der Waals surface area contributed by atoms with Crippen molar-refractivity contribution in [2.24, 2.45) is 0 Å². The largest absolute Gasteiger partial charge is 0.506 e. The number of aromatic nitrogens is 3. The van der Waals surface area contributed by atoms with Gasteiger partial charge in [-0.25, -0.2) is 4.98 Å². The summed E-state index contributed by atoms with van der Waals surface area (Å²) in [6.45, 7) is 1.11. The lowest BCUT2D eigenvalue weighted by molar-refractivity contribution is 0.0317. The molecule has 0 amide bonds. The number of aromatic amines is 1. The standard InChI is InChI=1S/C13H13N3O5S/c1-5-2-16-3-6(12(22)15-13(16)14-11(5)20)10-9(19)8(18)7(4-17)21-10/h2-3,9-10,17-19H,4H2,1H3,(H,14,15,20,22)/t9?,10-/m0/s1. The Bertz CT molecular complexity index is 901. The van der Waals surface area contributed by atoms with Crippen LogP contribution in [0.5, 0.6) is 0 Å². The third kappa shape index (κ3) is 2.19. The Morgan fingerprint density at radius 2 is 2.23 bits per heavy atom. The summed E-state index contributed by atoms with van der Waals surface area (Å²) in [5.74, 6) is -0.268. The number of rotatable bonds is 2. The minimum absolute atomic E-state index is 0.102. The van der Waals surface area contributed by atoms with Crippen LogP contribution in [0, 0.1) is 11.6 Å². The van der Waals surface area contributed by atoms with Gasteiger partial charge in [0.2, 0.25) is 5.78 Å². The first-order valence-corrected chi connectivity index (χ1v) is 6.83. The molecule has 8 nitrogen and oxygen atoms in total. The highest BCUT2D eigenvalue weighted by Crippen LogP contribution is 2.35. The summed E-state index contributed by atoms with van der Waals surface area (Å²) >= 11 is 5.16. The molecule has 3 rings (SSSR count). The summed E-state index contributed by atoms with van der Waals surface area (Å²) in [7, 11) is 0. The first kappa shape index (κ1) is 14.7. The summed E-state index contributed by atoms with van der Waals surface area (Å²) in [5.41, 5.74) is 0.572. The van der Waals surface area contributed by atoms with Crippen molar-refractivity contribution in [3.8, 4) is 0 Å². The second kappa shape index (κ2) is 5.20. The average Bonchev–Trinajstić information content (AvgIpc) is 2.76. The van der Waals surface area contributed by atoms with Crippen LogP contribution >= 0.6 is 12.2 Å². The van der Waals surface area contributed by atoms with Gasteiger partial charge >= 0.3 is 0 Å². The number of aryl methyl sites for hydroxylation is 1. The van der Waals surface area contributed by atoms with Gasteiger partial charge in [0.15, 0.2) is 23.7 Å². The zero-order chi connectivity index (χ0) is 16.0. The van der Waals surface area contributed by atoms with E-state index in [-0.39, 0.29) is 21.7 Å². The van der Waals surface area contributed by atoms with Crippen LogP contribution in [0.4, 0.5) is 0 Å². The van der Waals surface area contributed by atoms with Crippen molar-refractivity contribution in [3.05, 3.63) is 50.0 Å². The fraction of sp³-hybridized carbons (Fsp3) is 0.308. The van der Waals surface area contributed by atoms with E-state index in [1.165, 1.54) is 0 Å². The molecule has 9 heteroatoms. The average molecular weight is 323 g/mol. The predicted molar refractivity (Wildman–Crippen MR) is 78.0 cm³/mol. The normalized spacial score (nSPS) is 21.4. The van der Waals surface area contributed by atoms with Gasteiger partial charge in [0.25, 0.3) is 5.56 Å². The van der Waals surface area contributed by atoms with Crippen LogP contribution in [-0.2, 0) is 4.74 Å². The first-order chi connectivity index (χ1) is 10.4. The highest BCUT2D eigenvalue weighted by Gasteiger charge is 2.37. The highest BCUT2D eigenvalue weighted by atomic mass is 32.1. The highest BCUT2D eigenvalue weighted by molar-refractivity contribution is 7.71. The Morgan fingerprint density at radius 3 is 2.86 bits per heavy atom. The van der Waals surface area contributed by atoms with E-state index in [1.807, 2.05) is 0 Å². The van der Waals surface area contributed by atoms with Crippen LogP contribution in [0.1, 0.15) is 17.2 Å². The lowest BCUT2D eigenvalue weighted by atomic mass is 10.1. The van der Waals surface area contributed by atoms with Gasteiger partial charge in [-0.15, -0.1) is 0 Å². The van der Waals surface area contributed by atoms with E-state index in [9.17, 15) is 15.0 Å². The molecule has 0 spiro atoms. The SMILES string of the molecule is Cc1cn2cc([C@@H]3OC(CO)=C(O)C3O)c(=S)nc2[nH]c1=O. The van der Waals surface area contributed by atoms with Gasteiger partial charge in [-0.1, -0.05) is 12.2 Å². The molecule has 0 aromatic carbocycles. The third-order valence-electron chi connectivity index (χ3n) is 3.47. The second-order valence-electron chi connectivity index (χ2n) is 4.95. The van der Waals surface area contributed by atoms with Crippen molar-refractivity contribution in [3.63, 3.8) is 0 Å². The Balaban J connectivity index is 2.13. The topological polar surface area (TPSA) is 120 Å². The zero-order valence-corrected chi connectivity index (χ0v) is 12.3. The maximum atomic E-state index is 11.6. The smallest absolute Gasteiger partial charge is 0.255 e. The van der Waals surface area contributed by atoms with Gasteiger partial charge in [-0.2, -0.15) is 0 Å². The molecule has 1 aliphatic rings. The monoisotopic (exact) mass is 323 g/mol. The van der Waals surface area contributed by atoms with Gasteiger partial charge in [0.1, 0.15) is 11.2 Å². The summed E-state index contributed by atoms with van der Waals surface area (Å²) in [6, 6.07) is 0. The Labute approximate surface area is 129 Å². The van der Waals surface area contributed by atoms with Gasteiger partial charge in [0, 0.05) is 23.5 Å². The van der Waals surface area contributed by atoms with E-state index in [1.54, 1.807) is 23.7 Å². The van der Waals surface area contributed by atoms with Crippen molar-refractivity contribution in [1.29, 1.82) is 0 Å². The molecule has 0 saturated heterocycles. The molecular formula is C13H13N3O5S. The molecule has 2 aromatic rings. The van der Waals surface area contributed by atoms with E-state index < -0.39 is 24.6 Å². The van der Waals surface area contributed by atoms with Gasteiger partial charge in [-0.3, -0.25) is 14.2 Å². The summed E-state index contributed by atoms with van der Waals surface area (Å²) in [5, 5.41) is 28.8. The van der Waals surface area contributed by atoms with Crippen LogP contribution in [-0.4, -0.2) is 42.4 Å². The lowest BCUT2D eigenvalue weighted by Gasteiger charge is -2.16. The molecule has 22 heavy (non-hydrogen) atoms. The number of hydrogen-bond donors (Lipinski definition) is 4. The van der Waals surface area contributed by atoms with Crippen LogP contribution in [0.15, 0.2) is 28.7 Å². The molecule has 2 atom stereocenters. The first-order valence-electron chi connectivity index (χ1n) is 6.42. The minimum Gasteiger partial charge on any atom is -0.506 e. The molecule has 3 heterocycles. The number of hydrogen-bond acceptors (Lipinski definition) is 7. The van der Waals surface area contributed by atoms with E-state index in [0.717, 1.165) is 0 Å². The number of H-pyrrole nitrogens is 1. The summed E-state index contributed by atoms with van der Waals surface area (Å²) < 4.78 is 7.01. The molecule has 0 radical (unpaired) electrons. The molecular weight excluding hydrogens is 310 g/mol. The molecule has 116 valence electrons. The van der Waals surface area contributed by atoms with Gasteiger partial charge < -0.3 is 20.1 Å². The molecule has 2 aromatic heterocycles. The Hall–Kier alpha value is -2.23. The zero-order valence-electron chi connectivity index (χ0n) is 11.5. The van der Waals surface area contributed by atoms with Crippen molar-refractivity contribution < 1.29 is 20.1 Å². The van der Waals surface area contributed by atoms with Crippen LogP contribution in [0.3, 0.4) is 0 Å². The van der Waals surface area contributed by atoms with Gasteiger partial charge in [0.05, 0.1) is 0 Å². The summed E-state index contributed by atoms with van der Waals surface area (Å²) in [6.07, 6.45) is 0.828. The van der Waals surface area contributed by atoms with E-state index in [4.69, 9.17) is 22.1 Å². The molecule has 0 aliphatic carbocycles. The quantitative estimate of drug-likeness (QED) is 0.585. The predicted octanol–water partition coefficient (Wildman–Crippen LogP) is 0.255.